The number of benzene rings is 1. The monoisotopic (exact) mass is 262 g/mol. The molecule has 0 N–H and O–H groups in total. The van der Waals surface area contributed by atoms with E-state index in [1.54, 1.807) is 0 Å². The molecular formula is C8H6BrF3Mg. The number of aryl methyl sites for hydroxylation is 1. The Kier molecular flexibility index (Phi) is 7.10. The molecule has 0 aliphatic carbocycles. The van der Waals surface area contributed by atoms with Gasteiger partial charge in [-0.3, -0.25) is 0 Å². The molecule has 1 aromatic rings. The zero-order valence-corrected chi connectivity index (χ0v) is 9.95. The third kappa shape index (κ3) is 4.33. The van der Waals surface area contributed by atoms with Crippen molar-refractivity contribution in [3.05, 3.63) is 35.4 Å². The van der Waals surface area contributed by atoms with Gasteiger partial charge in [0.25, 0.3) is 0 Å². The maximum atomic E-state index is 12.0. The van der Waals surface area contributed by atoms with E-state index in [1.807, 2.05) is 0 Å². The van der Waals surface area contributed by atoms with Crippen LogP contribution in [0, 0.1) is 13.0 Å². The summed E-state index contributed by atoms with van der Waals surface area (Å²) >= 11 is 0. The Bertz CT molecular complexity index is 260. The summed E-state index contributed by atoms with van der Waals surface area (Å²) in [5.74, 6) is 0. The first-order valence-corrected chi connectivity index (χ1v) is 3.06. The van der Waals surface area contributed by atoms with Crippen LogP contribution in [-0.4, -0.2) is 23.1 Å². The number of rotatable bonds is 0. The fraction of sp³-hybridized carbons (Fsp3) is 0.250. The van der Waals surface area contributed by atoms with E-state index >= 15 is 0 Å². The molecule has 0 aromatic heterocycles. The third-order valence-corrected chi connectivity index (χ3v) is 1.35. The number of hydrogen-bond acceptors (Lipinski definition) is 0. The third-order valence-electron chi connectivity index (χ3n) is 1.35. The molecule has 0 radical (unpaired) electrons. The van der Waals surface area contributed by atoms with Gasteiger partial charge in [0.1, 0.15) is 0 Å². The maximum absolute atomic E-state index is 12.0. The Morgan fingerprint density at radius 3 is 2.15 bits per heavy atom. The molecule has 0 bridgehead atoms. The predicted octanol–water partition coefficient (Wildman–Crippen LogP) is -0.563. The quantitative estimate of drug-likeness (QED) is 0.435. The molecular weight excluding hydrogens is 257 g/mol. The fourth-order valence-corrected chi connectivity index (χ4v) is 0.826. The van der Waals surface area contributed by atoms with E-state index in [2.05, 4.69) is 6.07 Å². The van der Waals surface area contributed by atoms with Crippen LogP contribution < -0.4 is 17.0 Å². The zero-order chi connectivity index (χ0) is 8.48. The van der Waals surface area contributed by atoms with Gasteiger partial charge in [-0.2, -0.15) is 37.4 Å². The first kappa shape index (κ1) is 15.7. The molecule has 0 amide bonds. The second-order valence-corrected chi connectivity index (χ2v) is 2.23. The van der Waals surface area contributed by atoms with Crippen molar-refractivity contribution in [2.75, 3.05) is 0 Å². The van der Waals surface area contributed by atoms with Crippen molar-refractivity contribution in [2.45, 2.75) is 13.1 Å². The van der Waals surface area contributed by atoms with E-state index in [4.69, 9.17) is 0 Å². The van der Waals surface area contributed by atoms with Gasteiger partial charge in [-0.1, -0.05) is 12.5 Å². The minimum atomic E-state index is -4.27. The van der Waals surface area contributed by atoms with Crippen LogP contribution in [0.4, 0.5) is 13.2 Å². The summed E-state index contributed by atoms with van der Waals surface area (Å²) in [7, 11) is 0. The van der Waals surface area contributed by atoms with Crippen molar-refractivity contribution in [3.63, 3.8) is 0 Å². The van der Waals surface area contributed by atoms with Crippen molar-refractivity contribution in [1.29, 1.82) is 0 Å². The van der Waals surface area contributed by atoms with E-state index in [-0.39, 0.29) is 45.6 Å². The molecule has 0 aliphatic rings. The molecule has 0 unspecified atom stereocenters. The van der Waals surface area contributed by atoms with Gasteiger partial charge < -0.3 is 17.0 Å². The van der Waals surface area contributed by atoms with Gasteiger partial charge in [-0.25, -0.2) is 0 Å². The van der Waals surface area contributed by atoms with Crippen LogP contribution in [0.5, 0.6) is 0 Å². The summed E-state index contributed by atoms with van der Waals surface area (Å²) in [5.41, 5.74) is -0.472. The Morgan fingerprint density at radius 2 is 1.85 bits per heavy atom. The van der Waals surface area contributed by atoms with E-state index in [0.29, 0.717) is 0 Å². The van der Waals surface area contributed by atoms with Gasteiger partial charge in [0.05, 0.1) is 0 Å². The summed E-state index contributed by atoms with van der Waals surface area (Å²) in [5, 5.41) is 0. The largest absolute Gasteiger partial charge is 2.00 e. The van der Waals surface area contributed by atoms with Crippen molar-refractivity contribution in [2.24, 2.45) is 0 Å². The van der Waals surface area contributed by atoms with Crippen LogP contribution in [0.15, 0.2) is 18.2 Å². The molecule has 0 saturated carbocycles. The SMILES string of the molecule is Cc1ccc[c-]c1C(F)(F)F.[Br-].[Mg+2]. The van der Waals surface area contributed by atoms with Gasteiger partial charge in [-0.05, 0) is 0 Å². The van der Waals surface area contributed by atoms with Crippen molar-refractivity contribution in [1.82, 2.24) is 0 Å². The first-order valence-electron chi connectivity index (χ1n) is 3.06. The molecule has 1 aromatic carbocycles. The molecule has 1 rings (SSSR count). The Labute approximate surface area is 101 Å². The van der Waals surface area contributed by atoms with Crippen LogP contribution in [0.2, 0.25) is 0 Å². The summed E-state index contributed by atoms with van der Waals surface area (Å²) in [4.78, 5) is 0. The summed E-state index contributed by atoms with van der Waals surface area (Å²) in [6, 6.07) is 6.36. The van der Waals surface area contributed by atoms with Crippen LogP contribution >= 0.6 is 0 Å². The van der Waals surface area contributed by atoms with Gasteiger partial charge >= 0.3 is 29.2 Å². The summed E-state index contributed by atoms with van der Waals surface area (Å²) < 4.78 is 36.1. The molecule has 0 atom stereocenters. The molecule has 68 valence electrons. The number of halogens is 4. The molecule has 13 heavy (non-hydrogen) atoms. The topological polar surface area (TPSA) is 0 Å². The molecule has 0 saturated heterocycles. The van der Waals surface area contributed by atoms with Crippen LogP contribution in [0.25, 0.3) is 0 Å². The predicted molar refractivity (Wildman–Crippen MR) is 40.8 cm³/mol. The van der Waals surface area contributed by atoms with E-state index in [0.717, 1.165) is 0 Å². The van der Waals surface area contributed by atoms with Gasteiger partial charge in [0, 0.05) is 0 Å². The number of hydrogen-bond donors (Lipinski definition) is 0. The maximum Gasteiger partial charge on any atom is 2.00 e. The number of alkyl halides is 3. The van der Waals surface area contributed by atoms with Crippen LogP contribution in [-0.2, 0) is 6.18 Å². The Hall–Kier alpha value is 0.256. The second kappa shape index (κ2) is 5.88. The van der Waals surface area contributed by atoms with Crippen molar-refractivity contribution in [3.8, 4) is 0 Å². The average Bonchev–Trinajstić information content (AvgIpc) is 1.86. The summed E-state index contributed by atoms with van der Waals surface area (Å²) in [6.45, 7) is 1.42. The molecule has 0 heterocycles. The Morgan fingerprint density at radius 1 is 1.31 bits per heavy atom. The smallest absolute Gasteiger partial charge is 1.00 e. The second-order valence-electron chi connectivity index (χ2n) is 2.23. The van der Waals surface area contributed by atoms with Gasteiger partial charge in [0.15, 0.2) is 0 Å². The van der Waals surface area contributed by atoms with E-state index < -0.39 is 11.7 Å². The van der Waals surface area contributed by atoms with Crippen molar-refractivity contribution >= 4 is 23.1 Å². The molecule has 0 fully saturated rings. The molecule has 0 spiro atoms. The molecule has 0 aliphatic heterocycles. The average molecular weight is 263 g/mol. The van der Waals surface area contributed by atoms with Crippen LogP contribution in [0.1, 0.15) is 11.1 Å². The van der Waals surface area contributed by atoms with Crippen molar-refractivity contribution < 1.29 is 30.2 Å². The van der Waals surface area contributed by atoms with Gasteiger partial charge in [-0.15, -0.1) is 5.56 Å². The minimum Gasteiger partial charge on any atom is -1.00 e. The van der Waals surface area contributed by atoms with E-state index in [1.165, 1.54) is 25.1 Å². The van der Waals surface area contributed by atoms with Crippen LogP contribution in [0.3, 0.4) is 0 Å². The normalized spacial score (nSPS) is 9.85. The Balaban J connectivity index is 0. The minimum absolute atomic E-state index is 0. The first-order chi connectivity index (χ1) is 5.02. The summed E-state index contributed by atoms with van der Waals surface area (Å²) in [6.07, 6.45) is -4.27. The zero-order valence-electron chi connectivity index (χ0n) is 6.95. The molecule has 5 heteroatoms. The van der Waals surface area contributed by atoms with E-state index in [9.17, 15) is 13.2 Å². The standard InChI is InChI=1S/C8H6F3.BrH.Mg/c1-6-4-2-3-5-7(6)8(9,10)11;;/h2-4H,1H3;1H;/q-1;;+2/p-1. The van der Waals surface area contributed by atoms with Gasteiger partial charge in [0.2, 0.25) is 0 Å². The fourth-order valence-electron chi connectivity index (χ4n) is 0.826. The molecule has 0 nitrogen and oxygen atoms in total.